The van der Waals surface area contributed by atoms with Gasteiger partial charge in [-0.05, 0) is 29.7 Å². The lowest BCUT2D eigenvalue weighted by atomic mass is 10.1. The van der Waals surface area contributed by atoms with E-state index in [0.29, 0.717) is 13.0 Å². The number of carbonyl (C=O) groups excluding carboxylic acids is 1. The average Bonchev–Trinajstić information content (AvgIpc) is 2.59. The number of benzene rings is 2. The van der Waals surface area contributed by atoms with Crippen molar-refractivity contribution >= 4 is 5.97 Å². The number of hydrogen-bond donors (Lipinski definition) is 1. The van der Waals surface area contributed by atoms with Crippen LogP contribution in [0.4, 0.5) is 0 Å². The van der Waals surface area contributed by atoms with E-state index in [2.05, 4.69) is 5.32 Å². The van der Waals surface area contributed by atoms with Crippen LogP contribution in [0.3, 0.4) is 0 Å². The van der Waals surface area contributed by atoms with E-state index in [1.807, 2.05) is 54.6 Å². The monoisotopic (exact) mass is 299 g/mol. The molecule has 0 saturated carbocycles. The Bertz CT molecular complexity index is 581. The number of esters is 1. The molecule has 0 aliphatic rings. The molecule has 2 aromatic carbocycles. The minimum atomic E-state index is -0.366. The zero-order chi connectivity index (χ0) is 15.8. The van der Waals surface area contributed by atoms with Crippen molar-refractivity contribution in [1.29, 1.82) is 0 Å². The first-order valence-corrected chi connectivity index (χ1v) is 7.21. The Kier molecular flexibility index (Phi) is 5.98. The largest absolute Gasteiger partial charge is 0.497 e. The van der Waals surface area contributed by atoms with Gasteiger partial charge >= 0.3 is 5.97 Å². The van der Waals surface area contributed by atoms with Gasteiger partial charge in [0, 0.05) is 6.54 Å². The van der Waals surface area contributed by atoms with E-state index in [-0.39, 0.29) is 12.0 Å². The lowest BCUT2D eigenvalue weighted by Crippen LogP contribution is -2.39. The summed E-state index contributed by atoms with van der Waals surface area (Å²) < 4.78 is 10.0. The quantitative estimate of drug-likeness (QED) is 0.798. The fourth-order valence-electron chi connectivity index (χ4n) is 2.22. The molecule has 0 amide bonds. The average molecular weight is 299 g/mol. The fourth-order valence-corrected chi connectivity index (χ4v) is 2.22. The van der Waals surface area contributed by atoms with Gasteiger partial charge in [-0.3, -0.25) is 4.79 Å². The van der Waals surface area contributed by atoms with Crippen molar-refractivity contribution < 1.29 is 14.3 Å². The highest BCUT2D eigenvalue weighted by atomic mass is 16.5. The Balaban J connectivity index is 1.98. The molecule has 0 bridgehead atoms. The second-order valence-electron chi connectivity index (χ2n) is 4.99. The molecule has 1 atom stereocenters. The number of nitrogens with one attached hydrogen (secondary N) is 1. The van der Waals surface area contributed by atoms with Crippen LogP contribution in [-0.4, -0.2) is 26.2 Å². The molecule has 116 valence electrons. The molecule has 22 heavy (non-hydrogen) atoms. The van der Waals surface area contributed by atoms with Crippen LogP contribution in [0.1, 0.15) is 11.1 Å². The summed E-state index contributed by atoms with van der Waals surface area (Å²) in [5.74, 6) is 0.565. The minimum absolute atomic E-state index is 0.252. The molecule has 0 aliphatic carbocycles. The topological polar surface area (TPSA) is 47.6 Å². The summed E-state index contributed by atoms with van der Waals surface area (Å²) in [6.07, 6.45) is 0.601. The fraction of sp³-hybridized carbons (Fsp3) is 0.278. The summed E-state index contributed by atoms with van der Waals surface area (Å²) in [5.41, 5.74) is 2.18. The Morgan fingerprint density at radius 2 is 1.68 bits per heavy atom. The predicted octanol–water partition coefficient (Wildman–Crippen LogP) is 2.57. The van der Waals surface area contributed by atoms with Crippen molar-refractivity contribution in [2.45, 2.75) is 19.0 Å². The number of methoxy groups -OCH3 is 2. The number of hydrogen-bond acceptors (Lipinski definition) is 4. The zero-order valence-corrected chi connectivity index (χ0v) is 12.9. The number of ether oxygens (including phenoxy) is 2. The summed E-state index contributed by atoms with van der Waals surface area (Å²) in [7, 11) is 3.05. The SMILES string of the molecule is COC(=O)[C@@H](Cc1ccccc1)NCc1ccc(OC)cc1. The molecule has 0 heterocycles. The van der Waals surface area contributed by atoms with Gasteiger partial charge in [-0.2, -0.15) is 0 Å². The molecular weight excluding hydrogens is 278 g/mol. The molecule has 0 aromatic heterocycles. The van der Waals surface area contributed by atoms with Crippen LogP contribution in [0.25, 0.3) is 0 Å². The van der Waals surface area contributed by atoms with Crippen molar-refractivity contribution in [2.24, 2.45) is 0 Å². The summed E-state index contributed by atoms with van der Waals surface area (Å²) in [5, 5.41) is 3.26. The minimum Gasteiger partial charge on any atom is -0.497 e. The standard InChI is InChI=1S/C18H21NO3/c1-21-16-10-8-15(9-11-16)13-19-17(18(20)22-2)12-14-6-4-3-5-7-14/h3-11,17,19H,12-13H2,1-2H3/t17-/m1/s1. The van der Waals surface area contributed by atoms with Crippen LogP contribution in [0, 0.1) is 0 Å². The summed E-state index contributed by atoms with van der Waals surface area (Å²) in [4.78, 5) is 11.9. The van der Waals surface area contributed by atoms with Gasteiger partial charge in [0.05, 0.1) is 14.2 Å². The molecular formula is C18H21NO3. The van der Waals surface area contributed by atoms with Gasteiger partial charge in [-0.1, -0.05) is 42.5 Å². The molecule has 2 rings (SSSR count). The van der Waals surface area contributed by atoms with E-state index in [1.165, 1.54) is 7.11 Å². The van der Waals surface area contributed by atoms with E-state index in [0.717, 1.165) is 16.9 Å². The highest BCUT2D eigenvalue weighted by Crippen LogP contribution is 2.12. The molecule has 1 N–H and O–H groups in total. The molecule has 2 aromatic rings. The maximum absolute atomic E-state index is 11.9. The molecule has 4 nitrogen and oxygen atoms in total. The lowest BCUT2D eigenvalue weighted by molar-refractivity contribution is -0.143. The van der Waals surface area contributed by atoms with Gasteiger partial charge in [0.1, 0.15) is 11.8 Å². The van der Waals surface area contributed by atoms with Crippen LogP contribution in [0.15, 0.2) is 54.6 Å². The first-order chi connectivity index (χ1) is 10.7. The number of rotatable bonds is 7. The van der Waals surface area contributed by atoms with Crippen LogP contribution in [0.2, 0.25) is 0 Å². The van der Waals surface area contributed by atoms with Crippen molar-refractivity contribution in [2.75, 3.05) is 14.2 Å². The van der Waals surface area contributed by atoms with Crippen molar-refractivity contribution in [3.63, 3.8) is 0 Å². The second kappa shape index (κ2) is 8.20. The first-order valence-electron chi connectivity index (χ1n) is 7.21. The Hall–Kier alpha value is -2.33. The van der Waals surface area contributed by atoms with Crippen LogP contribution >= 0.6 is 0 Å². The van der Waals surface area contributed by atoms with Gasteiger partial charge in [0.15, 0.2) is 0 Å². The third kappa shape index (κ3) is 4.60. The highest BCUT2D eigenvalue weighted by Gasteiger charge is 2.18. The number of carbonyl (C=O) groups is 1. The Morgan fingerprint density at radius 1 is 1.00 bits per heavy atom. The summed E-state index contributed by atoms with van der Waals surface area (Å²) in [6.45, 7) is 0.594. The summed E-state index contributed by atoms with van der Waals surface area (Å²) in [6, 6.07) is 17.3. The molecule has 0 aliphatic heterocycles. The molecule has 0 spiro atoms. The van der Waals surface area contributed by atoms with Crippen LogP contribution < -0.4 is 10.1 Å². The van der Waals surface area contributed by atoms with Crippen LogP contribution in [0.5, 0.6) is 5.75 Å². The van der Waals surface area contributed by atoms with Crippen molar-refractivity contribution in [3.05, 3.63) is 65.7 Å². The first kappa shape index (κ1) is 16.0. The maximum atomic E-state index is 11.9. The smallest absolute Gasteiger partial charge is 0.323 e. The van der Waals surface area contributed by atoms with E-state index in [4.69, 9.17) is 9.47 Å². The molecule has 0 unspecified atom stereocenters. The normalized spacial score (nSPS) is 11.7. The summed E-state index contributed by atoms with van der Waals surface area (Å²) >= 11 is 0. The Labute approximate surface area is 131 Å². The lowest BCUT2D eigenvalue weighted by Gasteiger charge is -2.16. The van der Waals surface area contributed by atoms with Gasteiger partial charge in [0.2, 0.25) is 0 Å². The van der Waals surface area contributed by atoms with Gasteiger partial charge in [0.25, 0.3) is 0 Å². The molecule has 0 radical (unpaired) electrons. The van der Waals surface area contributed by atoms with E-state index in [1.54, 1.807) is 7.11 Å². The van der Waals surface area contributed by atoms with Gasteiger partial charge in [-0.25, -0.2) is 0 Å². The van der Waals surface area contributed by atoms with E-state index < -0.39 is 0 Å². The van der Waals surface area contributed by atoms with E-state index in [9.17, 15) is 4.79 Å². The zero-order valence-electron chi connectivity index (χ0n) is 12.9. The third-order valence-corrected chi connectivity index (χ3v) is 3.48. The van der Waals surface area contributed by atoms with Crippen LogP contribution in [-0.2, 0) is 22.5 Å². The highest BCUT2D eigenvalue weighted by molar-refractivity contribution is 5.76. The van der Waals surface area contributed by atoms with E-state index >= 15 is 0 Å². The molecule has 0 saturated heterocycles. The predicted molar refractivity (Wildman–Crippen MR) is 85.8 cm³/mol. The third-order valence-electron chi connectivity index (χ3n) is 3.48. The van der Waals surface area contributed by atoms with Crippen molar-refractivity contribution in [3.8, 4) is 5.75 Å². The molecule has 0 fully saturated rings. The van der Waals surface area contributed by atoms with Gasteiger partial charge < -0.3 is 14.8 Å². The van der Waals surface area contributed by atoms with Gasteiger partial charge in [-0.15, -0.1) is 0 Å². The second-order valence-corrected chi connectivity index (χ2v) is 4.99. The maximum Gasteiger partial charge on any atom is 0.323 e. The van der Waals surface area contributed by atoms with Crippen molar-refractivity contribution in [1.82, 2.24) is 5.32 Å². The molecule has 4 heteroatoms. The Morgan fingerprint density at radius 3 is 2.27 bits per heavy atom.